The van der Waals surface area contributed by atoms with Crippen LogP contribution in [0.1, 0.15) is 16.7 Å². The van der Waals surface area contributed by atoms with E-state index in [0.717, 1.165) is 30.2 Å². The highest BCUT2D eigenvalue weighted by molar-refractivity contribution is 6.67. The predicted molar refractivity (Wildman–Crippen MR) is 84.3 cm³/mol. The Morgan fingerprint density at radius 3 is 2.48 bits per heavy atom. The number of fused-ring (bicyclic) bond motifs is 1. The lowest BCUT2D eigenvalue weighted by Crippen LogP contribution is -2.25. The smallest absolute Gasteiger partial charge is 0.324 e. The van der Waals surface area contributed by atoms with Crippen molar-refractivity contribution in [3.8, 4) is 0 Å². The maximum absolute atomic E-state index is 9.83. The summed E-state index contributed by atoms with van der Waals surface area (Å²) in [6.45, 7) is 13.9. The molecule has 0 unspecified atom stereocenters. The molecule has 2 aromatic carbocycles. The van der Waals surface area contributed by atoms with Crippen molar-refractivity contribution in [1.29, 1.82) is 0 Å². The van der Waals surface area contributed by atoms with Crippen molar-refractivity contribution in [1.82, 2.24) is 0 Å². The Bertz CT molecular complexity index is 786. The van der Waals surface area contributed by atoms with Gasteiger partial charge in [-0.15, -0.1) is 0 Å². The SMILES string of the molecule is [C-]#[N+]c1ccc(Cc2ccc3c(c2)CCB3O)cc1[N+]#[C-]. The molecular weight excluding hydrogens is 259 g/mol. The highest BCUT2D eigenvalue weighted by atomic mass is 16.2. The van der Waals surface area contributed by atoms with E-state index in [2.05, 4.69) is 15.8 Å². The van der Waals surface area contributed by atoms with Crippen LogP contribution in [-0.2, 0) is 12.8 Å². The number of hydrogen-bond donors (Lipinski definition) is 1. The van der Waals surface area contributed by atoms with E-state index in [1.54, 1.807) is 12.1 Å². The molecule has 0 saturated carbocycles. The molecule has 0 spiro atoms. The zero-order valence-corrected chi connectivity index (χ0v) is 11.5. The van der Waals surface area contributed by atoms with Gasteiger partial charge in [0.1, 0.15) is 0 Å². The lowest BCUT2D eigenvalue weighted by molar-refractivity contribution is 0.587. The summed E-state index contributed by atoms with van der Waals surface area (Å²) in [7, 11) is 0. The van der Waals surface area contributed by atoms with Gasteiger partial charge in [0.15, 0.2) is 11.4 Å². The van der Waals surface area contributed by atoms with Gasteiger partial charge in [0, 0.05) is 0 Å². The van der Waals surface area contributed by atoms with Crippen molar-refractivity contribution in [2.45, 2.75) is 19.2 Å². The normalized spacial score (nSPS) is 12.6. The summed E-state index contributed by atoms with van der Waals surface area (Å²) in [5.41, 5.74) is 5.30. The first-order valence-electron chi connectivity index (χ1n) is 6.89. The van der Waals surface area contributed by atoms with Gasteiger partial charge < -0.3 is 5.02 Å². The second-order valence-electron chi connectivity index (χ2n) is 5.31. The molecule has 1 N–H and O–H groups in total. The molecule has 0 aromatic heterocycles. The van der Waals surface area contributed by atoms with E-state index < -0.39 is 0 Å². The number of nitrogens with zero attached hydrogens (tertiary/aromatic N) is 2. The van der Waals surface area contributed by atoms with E-state index in [1.165, 1.54) is 11.1 Å². The zero-order chi connectivity index (χ0) is 14.8. The van der Waals surface area contributed by atoms with Gasteiger partial charge in [-0.1, -0.05) is 47.5 Å². The first kappa shape index (κ1) is 13.4. The topological polar surface area (TPSA) is 28.9 Å². The first-order valence-corrected chi connectivity index (χ1v) is 6.89. The first-order chi connectivity index (χ1) is 10.2. The van der Waals surface area contributed by atoms with Crippen LogP contribution in [0.5, 0.6) is 0 Å². The summed E-state index contributed by atoms with van der Waals surface area (Å²) in [5.74, 6) is 0. The average Bonchev–Trinajstić information content (AvgIpc) is 2.88. The van der Waals surface area contributed by atoms with Crippen LogP contribution in [0, 0.1) is 13.1 Å². The van der Waals surface area contributed by atoms with E-state index in [-0.39, 0.29) is 6.92 Å². The third kappa shape index (κ3) is 2.54. The van der Waals surface area contributed by atoms with Crippen LogP contribution in [-0.4, -0.2) is 11.9 Å². The summed E-state index contributed by atoms with van der Waals surface area (Å²) in [6.07, 6.45) is 2.47. The highest BCUT2D eigenvalue weighted by Crippen LogP contribution is 2.30. The quantitative estimate of drug-likeness (QED) is 0.660. The van der Waals surface area contributed by atoms with Crippen LogP contribution in [0.4, 0.5) is 11.4 Å². The Hall–Kier alpha value is -2.56. The van der Waals surface area contributed by atoms with Crippen molar-refractivity contribution >= 4 is 23.8 Å². The summed E-state index contributed by atoms with van der Waals surface area (Å²) in [6, 6.07) is 11.6. The molecule has 0 radical (unpaired) electrons. The summed E-state index contributed by atoms with van der Waals surface area (Å²) in [4.78, 5) is 6.77. The van der Waals surface area contributed by atoms with Crippen molar-refractivity contribution < 1.29 is 5.02 Å². The van der Waals surface area contributed by atoms with Crippen molar-refractivity contribution in [3.63, 3.8) is 0 Å². The fourth-order valence-corrected chi connectivity index (χ4v) is 2.86. The van der Waals surface area contributed by atoms with Gasteiger partial charge in [-0.2, -0.15) is 0 Å². The zero-order valence-electron chi connectivity index (χ0n) is 11.5. The van der Waals surface area contributed by atoms with Crippen molar-refractivity contribution in [2.75, 3.05) is 0 Å². The molecule has 1 heterocycles. The molecule has 3 rings (SSSR count). The van der Waals surface area contributed by atoms with Crippen LogP contribution in [0.3, 0.4) is 0 Å². The second-order valence-corrected chi connectivity index (χ2v) is 5.31. The predicted octanol–water partition coefficient (Wildman–Crippen LogP) is 3.13. The molecule has 0 amide bonds. The highest BCUT2D eigenvalue weighted by Gasteiger charge is 2.24. The largest absolute Gasteiger partial charge is 0.446 e. The minimum Gasteiger partial charge on any atom is -0.446 e. The van der Waals surface area contributed by atoms with E-state index >= 15 is 0 Å². The van der Waals surface area contributed by atoms with E-state index in [0.29, 0.717) is 11.4 Å². The minimum atomic E-state index is -0.319. The van der Waals surface area contributed by atoms with E-state index in [1.807, 2.05) is 18.2 Å². The molecule has 21 heavy (non-hydrogen) atoms. The molecule has 1 aliphatic rings. The van der Waals surface area contributed by atoms with Crippen molar-refractivity contribution in [2.24, 2.45) is 0 Å². The number of aryl methyl sites for hydroxylation is 1. The number of hydrogen-bond acceptors (Lipinski definition) is 1. The summed E-state index contributed by atoms with van der Waals surface area (Å²) in [5, 5.41) is 9.83. The second kappa shape index (κ2) is 5.44. The van der Waals surface area contributed by atoms with Crippen LogP contribution >= 0.6 is 0 Å². The van der Waals surface area contributed by atoms with Gasteiger partial charge in [0.05, 0.1) is 13.1 Å². The third-order valence-corrected chi connectivity index (χ3v) is 3.94. The summed E-state index contributed by atoms with van der Waals surface area (Å²) >= 11 is 0. The molecule has 0 saturated heterocycles. The standard InChI is InChI=1S/C17H13BN2O/c1-19-16-6-4-13(11-17(16)20-2)9-12-3-5-15-14(10-12)7-8-18(15)21/h3-6,10-11,21H,7-9H2. The molecule has 4 heteroatoms. The minimum absolute atomic E-state index is 0.319. The lowest BCUT2D eigenvalue weighted by atomic mass is 9.63. The third-order valence-electron chi connectivity index (χ3n) is 3.94. The Morgan fingerprint density at radius 2 is 1.71 bits per heavy atom. The van der Waals surface area contributed by atoms with Gasteiger partial charge in [0.2, 0.25) is 0 Å². The van der Waals surface area contributed by atoms with Crippen LogP contribution in [0.25, 0.3) is 9.69 Å². The Balaban J connectivity index is 1.88. The Labute approximate surface area is 124 Å². The van der Waals surface area contributed by atoms with Gasteiger partial charge in [-0.25, -0.2) is 0 Å². The average molecular weight is 272 g/mol. The maximum Gasteiger partial charge on any atom is 0.324 e. The van der Waals surface area contributed by atoms with Crippen molar-refractivity contribution in [3.05, 3.63) is 75.9 Å². The molecule has 0 fully saturated rings. The molecule has 0 aliphatic carbocycles. The van der Waals surface area contributed by atoms with Crippen LogP contribution in [0.15, 0.2) is 36.4 Å². The van der Waals surface area contributed by atoms with Gasteiger partial charge in [-0.3, -0.25) is 9.69 Å². The van der Waals surface area contributed by atoms with Gasteiger partial charge >= 0.3 is 6.92 Å². The fraction of sp³-hybridized carbons (Fsp3) is 0.176. The molecule has 2 aromatic rings. The van der Waals surface area contributed by atoms with Gasteiger partial charge in [0.25, 0.3) is 0 Å². The number of rotatable bonds is 2. The molecule has 1 aliphatic heterocycles. The maximum atomic E-state index is 9.83. The fourth-order valence-electron chi connectivity index (χ4n) is 2.86. The molecule has 0 atom stereocenters. The number of benzene rings is 2. The van der Waals surface area contributed by atoms with Gasteiger partial charge in [-0.05, 0) is 30.2 Å². The summed E-state index contributed by atoms with van der Waals surface area (Å²) < 4.78 is 0. The van der Waals surface area contributed by atoms with Crippen LogP contribution in [0.2, 0.25) is 6.32 Å². The molecule has 0 bridgehead atoms. The molecular formula is C17H13BN2O. The Morgan fingerprint density at radius 1 is 1.00 bits per heavy atom. The van der Waals surface area contributed by atoms with Crippen LogP contribution < -0.4 is 5.46 Å². The Kier molecular flexibility index (Phi) is 3.48. The van der Waals surface area contributed by atoms with E-state index in [9.17, 15) is 5.02 Å². The van der Waals surface area contributed by atoms with E-state index in [4.69, 9.17) is 13.1 Å². The molecule has 100 valence electrons. The lowest BCUT2D eigenvalue weighted by Gasteiger charge is -2.07. The molecule has 3 nitrogen and oxygen atoms in total. The monoisotopic (exact) mass is 272 g/mol.